The molecule has 0 atom stereocenters. The van der Waals surface area contributed by atoms with Crippen molar-refractivity contribution in [2.75, 3.05) is 13.2 Å². The van der Waals surface area contributed by atoms with Crippen molar-refractivity contribution in [2.45, 2.75) is 0 Å². The molecular formula is C5H8FeO3. The van der Waals surface area contributed by atoms with E-state index in [2.05, 4.69) is 11.3 Å². The van der Waals surface area contributed by atoms with Gasteiger partial charge in [0.05, 0.1) is 6.61 Å². The first-order valence-corrected chi connectivity index (χ1v) is 2.21. The van der Waals surface area contributed by atoms with E-state index in [1.54, 1.807) is 0 Å². The van der Waals surface area contributed by atoms with Crippen LogP contribution in [-0.4, -0.2) is 24.3 Å². The molecule has 0 rings (SSSR count). The molecule has 0 spiro atoms. The number of esters is 1. The van der Waals surface area contributed by atoms with E-state index in [1.807, 2.05) is 0 Å². The van der Waals surface area contributed by atoms with Gasteiger partial charge in [-0.3, -0.25) is 0 Å². The molecule has 3 nitrogen and oxygen atoms in total. The van der Waals surface area contributed by atoms with Crippen molar-refractivity contribution >= 4 is 5.97 Å². The van der Waals surface area contributed by atoms with Crippen LogP contribution in [0.3, 0.4) is 0 Å². The monoisotopic (exact) mass is 172 g/mol. The average Bonchev–Trinajstić information content (AvgIpc) is 1.83. The zero-order valence-electron chi connectivity index (χ0n) is 4.82. The molecule has 0 amide bonds. The Hall–Kier alpha value is -0.311. The third-order valence-corrected chi connectivity index (χ3v) is 0.502. The fourth-order valence-corrected chi connectivity index (χ4v) is 0.205. The Labute approximate surface area is 64.2 Å². The summed E-state index contributed by atoms with van der Waals surface area (Å²) in [5.74, 6) is -0.501. The molecule has 0 heterocycles. The molecule has 4 heteroatoms. The molecule has 0 saturated heterocycles. The Morgan fingerprint density at radius 3 is 2.67 bits per heavy atom. The van der Waals surface area contributed by atoms with Crippen LogP contribution in [0.25, 0.3) is 0 Å². The van der Waals surface area contributed by atoms with Crippen LogP contribution in [0.5, 0.6) is 0 Å². The van der Waals surface area contributed by atoms with Gasteiger partial charge in [0.25, 0.3) is 0 Å². The number of carbonyl (C=O) groups is 1. The third kappa shape index (κ3) is 7.69. The van der Waals surface area contributed by atoms with Crippen molar-refractivity contribution in [1.29, 1.82) is 0 Å². The van der Waals surface area contributed by atoms with Gasteiger partial charge in [0, 0.05) is 23.1 Å². The number of hydrogen-bond acceptors (Lipinski definition) is 3. The van der Waals surface area contributed by atoms with Gasteiger partial charge in [0.1, 0.15) is 6.61 Å². The Bertz CT molecular complexity index is 92.2. The van der Waals surface area contributed by atoms with E-state index in [1.165, 1.54) is 0 Å². The summed E-state index contributed by atoms with van der Waals surface area (Å²) >= 11 is 0. The van der Waals surface area contributed by atoms with Crippen molar-refractivity contribution in [1.82, 2.24) is 0 Å². The standard InChI is InChI=1S/C5H8O3.Fe/c1-2-5(7)8-4-3-6;/h2,6H,1,3-4H2;. The van der Waals surface area contributed by atoms with Crippen LogP contribution < -0.4 is 0 Å². The summed E-state index contributed by atoms with van der Waals surface area (Å²) in [5.41, 5.74) is 0. The minimum absolute atomic E-state index is 0. The Balaban J connectivity index is 0. The second-order valence-corrected chi connectivity index (χ2v) is 1.10. The maximum Gasteiger partial charge on any atom is 0.330 e. The summed E-state index contributed by atoms with van der Waals surface area (Å²) in [7, 11) is 0. The molecule has 0 unspecified atom stereocenters. The predicted octanol–water partition coefficient (Wildman–Crippen LogP) is -0.295. The summed E-state index contributed by atoms with van der Waals surface area (Å²) in [5, 5.41) is 8.10. The van der Waals surface area contributed by atoms with Crippen LogP contribution in [0.4, 0.5) is 0 Å². The molecule has 0 aromatic heterocycles. The van der Waals surface area contributed by atoms with E-state index in [4.69, 9.17) is 5.11 Å². The van der Waals surface area contributed by atoms with Crippen molar-refractivity contribution in [3.63, 3.8) is 0 Å². The molecule has 0 aliphatic heterocycles. The van der Waals surface area contributed by atoms with E-state index >= 15 is 0 Å². The molecule has 0 fully saturated rings. The smallest absolute Gasteiger partial charge is 0.330 e. The van der Waals surface area contributed by atoms with E-state index < -0.39 is 5.97 Å². The number of rotatable bonds is 3. The molecule has 0 aromatic carbocycles. The van der Waals surface area contributed by atoms with Gasteiger partial charge in [-0.15, -0.1) is 0 Å². The average molecular weight is 172 g/mol. The van der Waals surface area contributed by atoms with E-state index in [-0.39, 0.29) is 30.3 Å². The molecular weight excluding hydrogens is 164 g/mol. The summed E-state index contributed by atoms with van der Waals surface area (Å²) in [6.07, 6.45) is 1.05. The van der Waals surface area contributed by atoms with Gasteiger partial charge in [-0.05, 0) is 0 Å². The predicted molar refractivity (Wildman–Crippen MR) is 28.2 cm³/mol. The van der Waals surface area contributed by atoms with Crippen molar-refractivity contribution in [2.24, 2.45) is 0 Å². The third-order valence-electron chi connectivity index (χ3n) is 0.502. The number of hydrogen-bond donors (Lipinski definition) is 1. The molecule has 1 N–H and O–H groups in total. The van der Waals surface area contributed by atoms with E-state index in [0.29, 0.717) is 0 Å². The number of carbonyl (C=O) groups excluding carboxylic acids is 1. The molecule has 0 radical (unpaired) electrons. The Morgan fingerprint density at radius 1 is 1.78 bits per heavy atom. The largest absolute Gasteiger partial charge is 0.460 e. The first-order valence-electron chi connectivity index (χ1n) is 2.21. The number of aliphatic hydroxyl groups excluding tert-OH is 1. The normalized spacial score (nSPS) is 7.22. The molecule has 0 aliphatic carbocycles. The Morgan fingerprint density at radius 2 is 2.33 bits per heavy atom. The van der Waals surface area contributed by atoms with Gasteiger partial charge in [-0.25, -0.2) is 4.79 Å². The number of aliphatic hydroxyl groups is 1. The summed E-state index contributed by atoms with van der Waals surface area (Å²) < 4.78 is 4.33. The van der Waals surface area contributed by atoms with Gasteiger partial charge in [0.15, 0.2) is 0 Å². The molecule has 54 valence electrons. The van der Waals surface area contributed by atoms with Crippen LogP contribution in [0.2, 0.25) is 0 Å². The van der Waals surface area contributed by atoms with E-state index in [9.17, 15) is 4.79 Å². The fraction of sp³-hybridized carbons (Fsp3) is 0.400. The van der Waals surface area contributed by atoms with Crippen molar-refractivity contribution < 1.29 is 31.7 Å². The fourth-order valence-electron chi connectivity index (χ4n) is 0.205. The van der Waals surface area contributed by atoms with Crippen molar-refractivity contribution in [3.8, 4) is 0 Å². The molecule has 0 aromatic rings. The van der Waals surface area contributed by atoms with Crippen LogP contribution in [0, 0.1) is 0 Å². The molecule has 0 saturated carbocycles. The van der Waals surface area contributed by atoms with Crippen molar-refractivity contribution in [3.05, 3.63) is 12.7 Å². The summed E-state index contributed by atoms with van der Waals surface area (Å²) in [6.45, 7) is 3.06. The van der Waals surface area contributed by atoms with Gasteiger partial charge in [-0.2, -0.15) is 0 Å². The zero-order chi connectivity index (χ0) is 6.41. The topological polar surface area (TPSA) is 46.5 Å². The first-order chi connectivity index (χ1) is 3.81. The first kappa shape index (κ1) is 11.5. The SMILES string of the molecule is C=CC(=O)OCCO.[Fe]. The Kier molecular flexibility index (Phi) is 9.81. The van der Waals surface area contributed by atoms with Gasteiger partial charge < -0.3 is 9.84 Å². The minimum atomic E-state index is -0.501. The second-order valence-electron chi connectivity index (χ2n) is 1.10. The maximum absolute atomic E-state index is 10.1. The van der Waals surface area contributed by atoms with Gasteiger partial charge in [0.2, 0.25) is 0 Å². The van der Waals surface area contributed by atoms with E-state index in [0.717, 1.165) is 6.08 Å². The second kappa shape index (κ2) is 7.69. The van der Waals surface area contributed by atoms with Gasteiger partial charge >= 0.3 is 5.97 Å². The quantitative estimate of drug-likeness (QED) is 0.361. The summed E-state index contributed by atoms with van der Waals surface area (Å²) in [6, 6.07) is 0. The van der Waals surface area contributed by atoms with Gasteiger partial charge in [-0.1, -0.05) is 6.58 Å². The van der Waals surface area contributed by atoms with Crippen LogP contribution in [-0.2, 0) is 26.6 Å². The molecule has 0 bridgehead atoms. The maximum atomic E-state index is 10.1. The van der Waals surface area contributed by atoms with Crippen LogP contribution in [0.1, 0.15) is 0 Å². The molecule has 0 aliphatic rings. The minimum Gasteiger partial charge on any atom is -0.460 e. The zero-order valence-corrected chi connectivity index (χ0v) is 5.92. The van der Waals surface area contributed by atoms with Crippen LogP contribution >= 0.6 is 0 Å². The molecule has 9 heavy (non-hydrogen) atoms. The summed E-state index contributed by atoms with van der Waals surface area (Å²) in [4.78, 5) is 10.1. The van der Waals surface area contributed by atoms with Crippen LogP contribution in [0.15, 0.2) is 12.7 Å². The number of ether oxygens (including phenoxy) is 1.